The molecule has 0 aliphatic rings. The number of carbonyl (C=O) groups is 1. The van der Waals surface area contributed by atoms with Crippen LogP contribution >= 0.6 is 15.9 Å². The Hall–Kier alpha value is -1.36. The van der Waals surface area contributed by atoms with E-state index in [1.807, 2.05) is 18.2 Å². The first-order chi connectivity index (χ1) is 15.2. The van der Waals surface area contributed by atoms with Gasteiger partial charge in [0.05, 0.1) is 12.8 Å². The molecule has 1 aromatic rings. The molecule has 0 aliphatic heterocycles. The van der Waals surface area contributed by atoms with Crippen LogP contribution in [0.4, 0.5) is 0 Å². The number of nitrogens with zero attached hydrogens (tertiary/aromatic N) is 1. The summed E-state index contributed by atoms with van der Waals surface area (Å²) in [5.74, 6) is 0.755. The van der Waals surface area contributed by atoms with E-state index in [2.05, 4.69) is 40.3 Å². The first kappa shape index (κ1) is 27.7. The van der Waals surface area contributed by atoms with Crippen LogP contribution in [0, 0.1) is 0 Å². The van der Waals surface area contributed by atoms with Crippen molar-refractivity contribution in [2.24, 2.45) is 5.10 Å². The van der Waals surface area contributed by atoms with Crippen LogP contribution < -0.4 is 10.2 Å². The molecule has 0 saturated heterocycles. The number of carbonyl (C=O) groups excluding carboxylic acids is 1. The number of hydrazone groups is 1. The molecule has 0 saturated carbocycles. The van der Waals surface area contributed by atoms with Gasteiger partial charge in [-0.25, -0.2) is 5.43 Å². The third kappa shape index (κ3) is 15.1. The van der Waals surface area contributed by atoms with Crippen LogP contribution in [0.5, 0.6) is 5.75 Å². The van der Waals surface area contributed by atoms with Crippen molar-refractivity contribution in [1.82, 2.24) is 5.43 Å². The van der Waals surface area contributed by atoms with E-state index in [0.717, 1.165) is 35.0 Å². The van der Waals surface area contributed by atoms with E-state index in [1.165, 1.54) is 70.6 Å². The third-order valence-electron chi connectivity index (χ3n) is 5.33. The number of halogens is 1. The van der Waals surface area contributed by atoms with Crippen molar-refractivity contribution in [3.63, 3.8) is 0 Å². The second-order valence-electron chi connectivity index (χ2n) is 8.32. The fourth-order valence-corrected chi connectivity index (χ4v) is 3.88. The maximum Gasteiger partial charge on any atom is 0.240 e. The number of unbranched alkanes of at least 4 members (excludes halogenated alkanes) is 12. The molecule has 0 spiro atoms. The quantitative estimate of drug-likeness (QED) is 0.120. The molecule has 0 unspecified atom stereocenters. The average Bonchev–Trinajstić information content (AvgIpc) is 2.76. The number of hydrogen-bond acceptors (Lipinski definition) is 3. The third-order valence-corrected chi connectivity index (χ3v) is 5.83. The van der Waals surface area contributed by atoms with Crippen molar-refractivity contribution in [3.05, 3.63) is 28.2 Å². The van der Waals surface area contributed by atoms with Gasteiger partial charge in [-0.3, -0.25) is 4.79 Å². The molecule has 1 rings (SSSR count). The molecule has 1 aromatic carbocycles. The van der Waals surface area contributed by atoms with Crippen LogP contribution in [0.15, 0.2) is 27.8 Å². The lowest BCUT2D eigenvalue weighted by atomic mass is 10.0. The van der Waals surface area contributed by atoms with E-state index in [4.69, 9.17) is 4.74 Å². The zero-order valence-electron chi connectivity index (χ0n) is 19.8. The summed E-state index contributed by atoms with van der Waals surface area (Å²) in [4.78, 5) is 12.0. The number of hydrogen-bond donors (Lipinski definition) is 1. The van der Waals surface area contributed by atoms with Gasteiger partial charge in [0.1, 0.15) is 5.75 Å². The van der Waals surface area contributed by atoms with E-state index in [9.17, 15) is 4.79 Å². The van der Waals surface area contributed by atoms with Gasteiger partial charge in [-0.1, -0.05) is 107 Å². The fourth-order valence-electron chi connectivity index (χ4n) is 3.50. The standard InChI is InChI=1S/C26H43BrN2O2/c1-3-5-6-7-8-9-10-11-12-13-14-15-16-17-26(30)29-28-22-23-21-24(27)18-19-25(23)31-20-4-2/h18-19,21-22H,3-17,20H2,1-2H3,(H,29,30)/b28-22+. The summed E-state index contributed by atoms with van der Waals surface area (Å²) in [5, 5.41) is 4.11. The summed E-state index contributed by atoms with van der Waals surface area (Å²) in [7, 11) is 0. The van der Waals surface area contributed by atoms with Crippen molar-refractivity contribution in [3.8, 4) is 5.75 Å². The van der Waals surface area contributed by atoms with Crippen LogP contribution in [-0.2, 0) is 4.79 Å². The fraction of sp³-hybridized carbons (Fsp3) is 0.692. The zero-order valence-corrected chi connectivity index (χ0v) is 21.4. The lowest BCUT2D eigenvalue weighted by Crippen LogP contribution is -2.17. The van der Waals surface area contributed by atoms with Gasteiger partial charge in [-0.2, -0.15) is 5.10 Å². The molecule has 1 amide bonds. The molecule has 0 radical (unpaired) electrons. The van der Waals surface area contributed by atoms with Crippen molar-refractivity contribution >= 4 is 28.1 Å². The lowest BCUT2D eigenvalue weighted by molar-refractivity contribution is -0.121. The number of rotatable bonds is 19. The maximum atomic E-state index is 12.0. The molecule has 0 heterocycles. The molecule has 0 fully saturated rings. The number of nitrogens with one attached hydrogen (secondary N) is 1. The minimum absolute atomic E-state index is 0.0228. The molecule has 176 valence electrons. The monoisotopic (exact) mass is 494 g/mol. The highest BCUT2D eigenvalue weighted by molar-refractivity contribution is 9.10. The minimum atomic E-state index is -0.0228. The van der Waals surface area contributed by atoms with E-state index in [0.29, 0.717) is 13.0 Å². The Kier molecular flexibility index (Phi) is 17.3. The maximum absolute atomic E-state index is 12.0. The van der Waals surface area contributed by atoms with Gasteiger partial charge in [0.15, 0.2) is 0 Å². The van der Waals surface area contributed by atoms with Crippen LogP contribution in [0.1, 0.15) is 116 Å². The van der Waals surface area contributed by atoms with Crippen molar-refractivity contribution < 1.29 is 9.53 Å². The zero-order chi connectivity index (χ0) is 22.6. The number of benzene rings is 1. The second-order valence-corrected chi connectivity index (χ2v) is 9.23. The summed E-state index contributed by atoms with van der Waals surface area (Å²) < 4.78 is 6.68. The normalized spacial score (nSPS) is 11.2. The van der Waals surface area contributed by atoms with Crippen molar-refractivity contribution in [2.45, 2.75) is 110 Å². The summed E-state index contributed by atoms with van der Waals surface area (Å²) in [6.07, 6.45) is 20.1. The summed E-state index contributed by atoms with van der Waals surface area (Å²) >= 11 is 3.46. The molecular weight excluding hydrogens is 452 g/mol. The highest BCUT2D eigenvalue weighted by Gasteiger charge is 2.04. The topological polar surface area (TPSA) is 50.7 Å². The molecule has 0 atom stereocenters. The predicted octanol–water partition coefficient (Wildman–Crippen LogP) is 8.17. The molecule has 0 aromatic heterocycles. The Bertz CT molecular complexity index is 619. The molecule has 5 heteroatoms. The highest BCUT2D eigenvalue weighted by Crippen LogP contribution is 2.22. The van der Waals surface area contributed by atoms with Crippen molar-refractivity contribution in [1.29, 1.82) is 0 Å². The molecule has 1 N–H and O–H groups in total. The summed E-state index contributed by atoms with van der Waals surface area (Å²) in [5.41, 5.74) is 3.49. The van der Waals surface area contributed by atoms with E-state index in [-0.39, 0.29) is 5.91 Å². The lowest BCUT2D eigenvalue weighted by Gasteiger charge is -2.08. The second kappa shape index (κ2) is 19.3. The van der Waals surface area contributed by atoms with Gasteiger partial charge in [-0.15, -0.1) is 0 Å². The SMILES string of the molecule is CCCCCCCCCCCCCCCC(=O)N/N=C/c1cc(Br)ccc1OCCC. The van der Waals surface area contributed by atoms with Gasteiger partial charge < -0.3 is 4.74 Å². The summed E-state index contributed by atoms with van der Waals surface area (Å²) in [6.45, 7) is 5.00. The van der Waals surface area contributed by atoms with Gasteiger partial charge in [0.25, 0.3) is 0 Å². The predicted molar refractivity (Wildman–Crippen MR) is 136 cm³/mol. The molecular formula is C26H43BrN2O2. The number of amides is 1. The molecule has 31 heavy (non-hydrogen) atoms. The van der Waals surface area contributed by atoms with Crippen LogP contribution in [-0.4, -0.2) is 18.7 Å². The minimum Gasteiger partial charge on any atom is -0.493 e. The smallest absolute Gasteiger partial charge is 0.240 e. The highest BCUT2D eigenvalue weighted by atomic mass is 79.9. The van der Waals surface area contributed by atoms with Crippen LogP contribution in [0.2, 0.25) is 0 Å². The van der Waals surface area contributed by atoms with Crippen LogP contribution in [0.3, 0.4) is 0 Å². The van der Waals surface area contributed by atoms with E-state index in [1.54, 1.807) is 6.21 Å². The Balaban J connectivity index is 2.06. The average molecular weight is 496 g/mol. The van der Waals surface area contributed by atoms with E-state index >= 15 is 0 Å². The van der Waals surface area contributed by atoms with Gasteiger partial charge >= 0.3 is 0 Å². The Morgan fingerprint density at radius 1 is 0.903 bits per heavy atom. The number of ether oxygens (including phenoxy) is 1. The molecule has 0 bridgehead atoms. The van der Waals surface area contributed by atoms with Crippen LogP contribution in [0.25, 0.3) is 0 Å². The Morgan fingerprint density at radius 3 is 2.06 bits per heavy atom. The Labute approximate surface area is 198 Å². The molecule has 4 nitrogen and oxygen atoms in total. The largest absolute Gasteiger partial charge is 0.493 e. The van der Waals surface area contributed by atoms with E-state index < -0.39 is 0 Å². The molecule has 0 aliphatic carbocycles. The van der Waals surface area contributed by atoms with Gasteiger partial charge in [0, 0.05) is 16.5 Å². The van der Waals surface area contributed by atoms with Crippen molar-refractivity contribution in [2.75, 3.05) is 6.61 Å². The first-order valence-corrected chi connectivity index (χ1v) is 13.2. The summed E-state index contributed by atoms with van der Waals surface area (Å²) in [6, 6.07) is 5.79. The van der Waals surface area contributed by atoms with Gasteiger partial charge in [0.2, 0.25) is 5.91 Å². The first-order valence-electron chi connectivity index (χ1n) is 12.4. The van der Waals surface area contributed by atoms with Gasteiger partial charge in [-0.05, 0) is 31.0 Å². The Morgan fingerprint density at radius 2 is 1.48 bits per heavy atom.